The van der Waals surface area contributed by atoms with Crippen LogP contribution in [0.2, 0.25) is 0 Å². The van der Waals surface area contributed by atoms with E-state index in [0.717, 1.165) is 25.9 Å². The Balaban J connectivity index is 2.57. The van der Waals surface area contributed by atoms with Crippen LogP contribution in [0.25, 0.3) is 10.9 Å². The van der Waals surface area contributed by atoms with E-state index in [2.05, 4.69) is 29.0 Å². The fourth-order valence-corrected chi connectivity index (χ4v) is 2.71. The number of aromatic nitrogens is 1. The Morgan fingerprint density at radius 2 is 1.83 bits per heavy atom. The molecule has 0 saturated carbocycles. The van der Waals surface area contributed by atoms with Crippen molar-refractivity contribution < 1.29 is 14.7 Å². The molecular formula is C18H23N3O3. The van der Waals surface area contributed by atoms with E-state index < -0.39 is 5.97 Å². The average molecular weight is 329 g/mol. The molecule has 0 unspecified atom stereocenters. The number of rotatable bonds is 7. The summed E-state index contributed by atoms with van der Waals surface area (Å²) in [6, 6.07) is 6.75. The molecule has 1 heterocycles. The summed E-state index contributed by atoms with van der Waals surface area (Å²) in [4.78, 5) is 29.6. The molecule has 0 spiro atoms. The molecule has 2 N–H and O–H groups in total. The van der Waals surface area contributed by atoms with Gasteiger partial charge in [0, 0.05) is 31.1 Å². The van der Waals surface area contributed by atoms with Crippen LogP contribution in [0, 0.1) is 0 Å². The van der Waals surface area contributed by atoms with Gasteiger partial charge < -0.3 is 15.3 Å². The standard InChI is InChI=1S/C18H23N3O3/c1-4-8-21(9-5-2)17-11-15(18(23)24)14-10-13(19-12(3)22)6-7-16(14)20-17/h6-7,10-11H,4-5,8-9H2,1-3H3,(H,19,22)(H,23,24). The minimum Gasteiger partial charge on any atom is -0.478 e. The average Bonchev–Trinajstić information content (AvgIpc) is 2.53. The highest BCUT2D eigenvalue weighted by Gasteiger charge is 2.16. The van der Waals surface area contributed by atoms with Crippen molar-refractivity contribution in [3.8, 4) is 0 Å². The number of hydrogen-bond donors (Lipinski definition) is 2. The fourth-order valence-electron chi connectivity index (χ4n) is 2.71. The van der Waals surface area contributed by atoms with E-state index in [-0.39, 0.29) is 11.5 Å². The summed E-state index contributed by atoms with van der Waals surface area (Å²) in [5.41, 5.74) is 1.36. The Morgan fingerprint density at radius 3 is 2.38 bits per heavy atom. The Kier molecular flexibility index (Phi) is 5.73. The number of amides is 1. The van der Waals surface area contributed by atoms with Gasteiger partial charge in [0.2, 0.25) is 5.91 Å². The molecule has 2 rings (SSSR count). The van der Waals surface area contributed by atoms with Crippen LogP contribution >= 0.6 is 0 Å². The van der Waals surface area contributed by atoms with Crippen molar-refractivity contribution in [3.05, 3.63) is 29.8 Å². The van der Waals surface area contributed by atoms with Crippen molar-refractivity contribution in [2.45, 2.75) is 33.6 Å². The normalized spacial score (nSPS) is 10.6. The van der Waals surface area contributed by atoms with Crippen LogP contribution in [-0.4, -0.2) is 35.1 Å². The van der Waals surface area contributed by atoms with Crippen LogP contribution in [0.5, 0.6) is 0 Å². The van der Waals surface area contributed by atoms with Gasteiger partial charge in [-0.3, -0.25) is 4.79 Å². The van der Waals surface area contributed by atoms with E-state index in [4.69, 9.17) is 0 Å². The van der Waals surface area contributed by atoms with Crippen molar-refractivity contribution in [2.75, 3.05) is 23.3 Å². The number of carboxylic acid groups (broad SMARTS) is 1. The van der Waals surface area contributed by atoms with Crippen LogP contribution in [0.15, 0.2) is 24.3 Å². The van der Waals surface area contributed by atoms with Gasteiger partial charge in [-0.05, 0) is 37.1 Å². The number of nitrogens with zero attached hydrogens (tertiary/aromatic N) is 2. The van der Waals surface area contributed by atoms with Crippen molar-refractivity contribution in [1.29, 1.82) is 0 Å². The molecule has 24 heavy (non-hydrogen) atoms. The summed E-state index contributed by atoms with van der Waals surface area (Å²) >= 11 is 0. The number of carboxylic acids is 1. The monoisotopic (exact) mass is 329 g/mol. The number of aromatic carboxylic acids is 1. The number of hydrogen-bond acceptors (Lipinski definition) is 4. The Bertz CT molecular complexity index is 753. The molecule has 6 heteroatoms. The fraction of sp³-hybridized carbons (Fsp3) is 0.389. The molecular weight excluding hydrogens is 306 g/mol. The van der Waals surface area contributed by atoms with Gasteiger partial charge in [-0.15, -0.1) is 0 Å². The zero-order chi connectivity index (χ0) is 17.7. The largest absolute Gasteiger partial charge is 0.478 e. The number of benzene rings is 1. The summed E-state index contributed by atoms with van der Waals surface area (Å²) in [5.74, 6) is -0.527. The maximum Gasteiger partial charge on any atom is 0.336 e. The third kappa shape index (κ3) is 4.01. The smallest absolute Gasteiger partial charge is 0.336 e. The summed E-state index contributed by atoms with van der Waals surface area (Å²) in [6.45, 7) is 7.24. The molecule has 0 bridgehead atoms. The second-order valence-corrected chi connectivity index (χ2v) is 5.73. The number of carbonyl (C=O) groups is 2. The lowest BCUT2D eigenvalue weighted by molar-refractivity contribution is -0.114. The number of fused-ring (bicyclic) bond motifs is 1. The molecule has 6 nitrogen and oxygen atoms in total. The highest BCUT2D eigenvalue weighted by atomic mass is 16.4. The van der Waals surface area contributed by atoms with E-state index in [1.54, 1.807) is 24.3 Å². The first kappa shape index (κ1) is 17.7. The van der Waals surface area contributed by atoms with Crippen molar-refractivity contribution in [1.82, 2.24) is 4.98 Å². The molecule has 0 fully saturated rings. The molecule has 0 aliphatic heterocycles. The third-order valence-corrected chi connectivity index (χ3v) is 3.66. The van der Waals surface area contributed by atoms with Crippen LogP contribution in [0.4, 0.5) is 11.5 Å². The molecule has 1 aromatic heterocycles. The maximum atomic E-state index is 11.7. The first-order chi connectivity index (χ1) is 11.5. The Hall–Kier alpha value is -2.63. The number of nitrogens with one attached hydrogen (secondary N) is 1. The number of anilines is 2. The molecule has 0 atom stereocenters. The van der Waals surface area contributed by atoms with Crippen LogP contribution < -0.4 is 10.2 Å². The van der Waals surface area contributed by atoms with Crippen LogP contribution in [0.1, 0.15) is 44.0 Å². The zero-order valence-electron chi connectivity index (χ0n) is 14.3. The third-order valence-electron chi connectivity index (χ3n) is 3.66. The van der Waals surface area contributed by atoms with Gasteiger partial charge in [0.25, 0.3) is 0 Å². The highest BCUT2D eigenvalue weighted by molar-refractivity contribution is 6.05. The van der Waals surface area contributed by atoms with Gasteiger partial charge >= 0.3 is 5.97 Å². The van der Waals surface area contributed by atoms with Crippen LogP contribution in [-0.2, 0) is 4.79 Å². The van der Waals surface area contributed by atoms with Gasteiger partial charge in [-0.1, -0.05) is 13.8 Å². The molecule has 1 aromatic carbocycles. The Labute approximate surface area is 141 Å². The maximum absolute atomic E-state index is 11.7. The second-order valence-electron chi connectivity index (χ2n) is 5.73. The van der Waals surface area contributed by atoms with Crippen molar-refractivity contribution in [2.24, 2.45) is 0 Å². The molecule has 0 saturated heterocycles. The molecule has 2 aromatic rings. The van der Waals surface area contributed by atoms with Crippen molar-refractivity contribution in [3.63, 3.8) is 0 Å². The lowest BCUT2D eigenvalue weighted by atomic mass is 10.1. The number of carbonyl (C=O) groups excluding carboxylic acids is 1. The lowest BCUT2D eigenvalue weighted by Gasteiger charge is -2.23. The van der Waals surface area contributed by atoms with Gasteiger partial charge in [0.15, 0.2) is 0 Å². The van der Waals surface area contributed by atoms with Crippen molar-refractivity contribution >= 4 is 34.3 Å². The van der Waals surface area contributed by atoms with Gasteiger partial charge in [-0.25, -0.2) is 9.78 Å². The molecule has 128 valence electrons. The molecule has 0 aliphatic carbocycles. The predicted octanol–water partition coefficient (Wildman–Crippen LogP) is 3.52. The van der Waals surface area contributed by atoms with Gasteiger partial charge in [0.05, 0.1) is 11.1 Å². The molecule has 0 aliphatic rings. The minimum absolute atomic E-state index is 0.194. The van der Waals surface area contributed by atoms with E-state index in [9.17, 15) is 14.7 Å². The SMILES string of the molecule is CCCN(CCC)c1cc(C(=O)O)c2cc(NC(C)=O)ccc2n1. The first-order valence-electron chi connectivity index (χ1n) is 8.16. The van der Waals surface area contributed by atoms with E-state index >= 15 is 0 Å². The summed E-state index contributed by atoms with van der Waals surface area (Å²) in [7, 11) is 0. The van der Waals surface area contributed by atoms with Gasteiger partial charge in [-0.2, -0.15) is 0 Å². The number of pyridine rings is 1. The van der Waals surface area contributed by atoms with E-state index in [1.807, 2.05) is 0 Å². The van der Waals surface area contributed by atoms with Gasteiger partial charge in [0.1, 0.15) is 5.82 Å². The summed E-state index contributed by atoms with van der Waals surface area (Å²) < 4.78 is 0. The summed E-state index contributed by atoms with van der Waals surface area (Å²) in [6.07, 6.45) is 1.92. The molecule has 1 amide bonds. The van der Waals surface area contributed by atoms with Crippen LogP contribution in [0.3, 0.4) is 0 Å². The Morgan fingerprint density at radius 1 is 1.17 bits per heavy atom. The molecule has 0 radical (unpaired) electrons. The zero-order valence-corrected chi connectivity index (χ0v) is 14.3. The predicted molar refractivity (Wildman–Crippen MR) is 95.8 cm³/mol. The highest BCUT2D eigenvalue weighted by Crippen LogP contribution is 2.26. The quantitative estimate of drug-likeness (QED) is 0.812. The summed E-state index contributed by atoms with van der Waals surface area (Å²) in [5, 5.41) is 12.8. The first-order valence-corrected chi connectivity index (χ1v) is 8.16. The van der Waals surface area contributed by atoms with E-state index in [0.29, 0.717) is 22.4 Å². The minimum atomic E-state index is -1.00. The topological polar surface area (TPSA) is 82.5 Å². The lowest BCUT2D eigenvalue weighted by Crippen LogP contribution is -2.26. The second kappa shape index (κ2) is 7.77. The van der Waals surface area contributed by atoms with E-state index in [1.165, 1.54) is 6.92 Å².